The van der Waals surface area contributed by atoms with E-state index >= 15 is 0 Å². The van der Waals surface area contributed by atoms with Crippen LogP contribution in [0.4, 0.5) is 0 Å². The molecule has 0 aliphatic carbocycles. The van der Waals surface area contributed by atoms with Gasteiger partial charge in [-0.3, -0.25) is 14.5 Å². The van der Waals surface area contributed by atoms with Gasteiger partial charge in [-0.2, -0.15) is 4.98 Å². The van der Waals surface area contributed by atoms with Crippen LogP contribution in [-0.4, -0.2) is 116 Å². The van der Waals surface area contributed by atoms with Crippen molar-refractivity contribution in [3.8, 4) is 0 Å². The third-order valence-corrected chi connectivity index (χ3v) is 8.09. The first kappa shape index (κ1) is 22.4. The van der Waals surface area contributed by atoms with E-state index in [2.05, 4.69) is 14.8 Å². The van der Waals surface area contributed by atoms with Gasteiger partial charge in [0.15, 0.2) is 0 Å². The van der Waals surface area contributed by atoms with Crippen molar-refractivity contribution in [3.63, 3.8) is 0 Å². The molecule has 0 saturated carbocycles. The molecule has 4 heterocycles. The number of amides is 1. The maximum absolute atomic E-state index is 13.0. The molecule has 2 saturated heterocycles. The molecule has 172 valence electrons. The molecule has 4 rings (SSSR count). The van der Waals surface area contributed by atoms with Crippen molar-refractivity contribution < 1.29 is 13.2 Å². The molecule has 0 unspecified atom stereocenters. The predicted molar refractivity (Wildman–Crippen MR) is 117 cm³/mol. The molecule has 0 N–H and O–H groups in total. The van der Waals surface area contributed by atoms with Crippen LogP contribution in [0.2, 0.25) is 0 Å². The summed E-state index contributed by atoms with van der Waals surface area (Å²) in [7, 11) is 0.811. The molecule has 1 aromatic rings. The second kappa shape index (κ2) is 8.27. The van der Waals surface area contributed by atoms with Crippen LogP contribution in [0, 0.1) is 0 Å². The highest BCUT2D eigenvalue weighted by molar-refractivity contribution is 7.88. The largest absolute Gasteiger partial charge is 0.336 e. The summed E-state index contributed by atoms with van der Waals surface area (Å²) in [5, 5.41) is 0. The number of piperazine rings is 1. The number of aromatic nitrogens is 2. The molecular weight excluding hydrogens is 420 g/mol. The van der Waals surface area contributed by atoms with Crippen molar-refractivity contribution in [2.24, 2.45) is 0 Å². The first-order valence-electron chi connectivity index (χ1n) is 10.8. The van der Waals surface area contributed by atoms with E-state index in [1.807, 2.05) is 18.7 Å². The molecule has 3 aliphatic heterocycles. The highest BCUT2D eigenvalue weighted by atomic mass is 32.2. The van der Waals surface area contributed by atoms with Crippen LogP contribution < -0.4 is 5.56 Å². The van der Waals surface area contributed by atoms with Gasteiger partial charge in [0.2, 0.25) is 10.0 Å². The summed E-state index contributed by atoms with van der Waals surface area (Å²) in [6.07, 6.45) is 4.23. The first-order valence-corrected chi connectivity index (χ1v) is 12.7. The average Bonchev–Trinajstić information content (AvgIpc) is 3.31. The zero-order valence-corrected chi connectivity index (χ0v) is 19.4. The van der Waals surface area contributed by atoms with Crippen molar-refractivity contribution in [1.29, 1.82) is 0 Å². The Hall–Kier alpha value is -1.82. The minimum absolute atomic E-state index is 0.112. The van der Waals surface area contributed by atoms with Crippen molar-refractivity contribution >= 4 is 15.9 Å². The number of carbonyl (C=O) groups excluding carboxylic acids is 1. The lowest BCUT2D eigenvalue weighted by Crippen LogP contribution is -2.50. The smallest absolute Gasteiger partial charge is 0.285 e. The number of likely N-dealkylation sites (N-methyl/N-ethyl adjacent to an activating group) is 1. The van der Waals surface area contributed by atoms with Crippen LogP contribution in [0.25, 0.3) is 0 Å². The van der Waals surface area contributed by atoms with Gasteiger partial charge in [0.1, 0.15) is 11.4 Å². The van der Waals surface area contributed by atoms with Crippen LogP contribution in [0.5, 0.6) is 0 Å². The number of aryl methyl sites for hydroxylation is 1. The lowest BCUT2D eigenvalue weighted by Gasteiger charge is -2.35. The van der Waals surface area contributed by atoms with Crippen LogP contribution in [0.1, 0.15) is 29.0 Å². The fraction of sp³-hybridized carbons (Fsp3) is 0.750. The van der Waals surface area contributed by atoms with Crippen LogP contribution in [-0.2, 0) is 22.0 Å². The maximum atomic E-state index is 13.0. The number of rotatable bonds is 5. The molecule has 0 bridgehead atoms. The zero-order valence-electron chi connectivity index (χ0n) is 18.6. The molecule has 11 heteroatoms. The molecule has 1 atom stereocenters. The summed E-state index contributed by atoms with van der Waals surface area (Å²) in [5.41, 5.74) is -0.826. The Morgan fingerprint density at radius 3 is 2.42 bits per heavy atom. The van der Waals surface area contributed by atoms with E-state index in [0.29, 0.717) is 45.0 Å². The molecule has 1 amide bonds. The number of nitrogens with zero attached hydrogens (tertiary/aromatic N) is 6. The van der Waals surface area contributed by atoms with Gasteiger partial charge in [0, 0.05) is 70.5 Å². The normalized spacial score (nSPS) is 25.0. The van der Waals surface area contributed by atoms with Crippen molar-refractivity contribution in [2.45, 2.75) is 24.8 Å². The van der Waals surface area contributed by atoms with Crippen LogP contribution in [0.3, 0.4) is 0 Å². The van der Waals surface area contributed by atoms with E-state index in [0.717, 1.165) is 32.6 Å². The quantitative estimate of drug-likeness (QED) is 0.557. The molecule has 2 fully saturated rings. The maximum Gasteiger partial charge on any atom is 0.285 e. The molecule has 1 spiro atoms. The Morgan fingerprint density at radius 1 is 1.13 bits per heavy atom. The number of hydrogen-bond acceptors (Lipinski definition) is 7. The SMILES string of the molecule is CN(C)CCN1CCN(C(=O)c2cn3c(nc2=O)[C@]2(CCN(S(C)(=O)=O)C2)CC3)CC1. The van der Waals surface area contributed by atoms with Gasteiger partial charge in [0.05, 0.1) is 6.26 Å². The van der Waals surface area contributed by atoms with E-state index in [1.165, 1.54) is 10.6 Å². The second-order valence-electron chi connectivity index (χ2n) is 9.29. The number of hydrogen-bond donors (Lipinski definition) is 0. The Balaban J connectivity index is 1.48. The van der Waals surface area contributed by atoms with E-state index in [1.54, 1.807) is 11.1 Å². The molecular formula is C20H32N6O4S. The summed E-state index contributed by atoms with van der Waals surface area (Å²) >= 11 is 0. The first-order chi connectivity index (χ1) is 14.6. The third-order valence-electron chi connectivity index (χ3n) is 6.84. The summed E-state index contributed by atoms with van der Waals surface area (Å²) < 4.78 is 27.2. The van der Waals surface area contributed by atoms with Gasteiger partial charge in [-0.1, -0.05) is 0 Å². The predicted octanol–water partition coefficient (Wildman–Crippen LogP) is -1.13. The molecule has 0 radical (unpaired) electrons. The zero-order chi connectivity index (χ0) is 22.4. The van der Waals surface area contributed by atoms with E-state index in [-0.39, 0.29) is 11.5 Å². The van der Waals surface area contributed by atoms with E-state index in [4.69, 9.17) is 0 Å². The van der Waals surface area contributed by atoms with Crippen LogP contribution >= 0.6 is 0 Å². The highest BCUT2D eigenvalue weighted by Gasteiger charge is 2.48. The monoisotopic (exact) mass is 452 g/mol. The van der Waals surface area contributed by atoms with E-state index < -0.39 is 21.0 Å². The second-order valence-corrected chi connectivity index (χ2v) is 11.3. The van der Waals surface area contributed by atoms with Gasteiger partial charge in [-0.15, -0.1) is 0 Å². The molecule has 0 aromatic carbocycles. The fourth-order valence-electron chi connectivity index (χ4n) is 4.87. The van der Waals surface area contributed by atoms with Crippen LogP contribution in [0.15, 0.2) is 11.0 Å². The number of fused-ring (bicyclic) bond motifs is 2. The summed E-state index contributed by atoms with van der Waals surface area (Å²) in [5.74, 6) is 0.360. The minimum Gasteiger partial charge on any atom is -0.336 e. The molecule has 31 heavy (non-hydrogen) atoms. The Morgan fingerprint density at radius 2 is 1.81 bits per heavy atom. The lowest BCUT2D eigenvalue weighted by atomic mass is 9.85. The number of sulfonamides is 1. The van der Waals surface area contributed by atoms with Crippen molar-refractivity contribution in [1.82, 2.24) is 28.6 Å². The van der Waals surface area contributed by atoms with Gasteiger partial charge >= 0.3 is 0 Å². The van der Waals surface area contributed by atoms with E-state index in [9.17, 15) is 18.0 Å². The Labute approximate surface area is 183 Å². The van der Waals surface area contributed by atoms with Gasteiger partial charge < -0.3 is 14.4 Å². The van der Waals surface area contributed by atoms with Gasteiger partial charge in [-0.25, -0.2) is 12.7 Å². The topological polar surface area (TPSA) is 99.1 Å². The van der Waals surface area contributed by atoms with Crippen molar-refractivity contribution in [3.05, 3.63) is 27.9 Å². The third kappa shape index (κ3) is 4.41. The highest BCUT2D eigenvalue weighted by Crippen LogP contribution is 2.41. The summed E-state index contributed by atoms with van der Waals surface area (Å²) in [6.45, 7) is 6.15. The fourth-order valence-corrected chi connectivity index (χ4v) is 5.77. The Bertz CT molecular complexity index is 1010. The summed E-state index contributed by atoms with van der Waals surface area (Å²) in [6, 6.07) is 0. The van der Waals surface area contributed by atoms with Gasteiger partial charge in [-0.05, 0) is 26.9 Å². The molecule has 10 nitrogen and oxygen atoms in total. The molecule has 1 aromatic heterocycles. The minimum atomic E-state index is -3.28. The molecule has 3 aliphatic rings. The standard InChI is InChI=1S/C20H32N6O4S/c1-22(2)8-9-23-10-12-24(13-11-23)18(28)16-14-25-6-4-20(19(25)21-17(16)27)5-7-26(15-20)31(3,29)30/h14H,4-13,15H2,1-3H3/t20-/m0/s1. The average molecular weight is 453 g/mol. The number of carbonyl (C=O) groups is 1. The lowest BCUT2D eigenvalue weighted by molar-refractivity contribution is 0.0627. The van der Waals surface area contributed by atoms with Gasteiger partial charge in [0.25, 0.3) is 11.5 Å². The summed E-state index contributed by atoms with van der Waals surface area (Å²) in [4.78, 5) is 36.4. The Kier molecular flexibility index (Phi) is 5.97. The van der Waals surface area contributed by atoms with Crippen molar-refractivity contribution in [2.75, 3.05) is 72.7 Å².